The summed E-state index contributed by atoms with van der Waals surface area (Å²) in [5, 5.41) is 7.09. The molecular weight excluding hydrogens is 436 g/mol. The number of ether oxygens (including phenoxy) is 1. The summed E-state index contributed by atoms with van der Waals surface area (Å²) in [5.41, 5.74) is 1.67. The summed E-state index contributed by atoms with van der Waals surface area (Å²) in [5.74, 6) is -0.297. The monoisotopic (exact) mass is 464 g/mol. The summed E-state index contributed by atoms with van der Waals surface area (Å²) in [4.78, 5) is 26.4. The molecule has 2 N–H and O–H groups in total. The molecule has 33 heavy (non-hydrogen) atoms. The van der Waals surface area contributed by atoms with Crippen molar-refractivity contribution in [1.29, 1.82) is 0 Å². The van der Waals surface area contributed by atoms with Gasteiger partial charge in [0.1, 0.15) is 11.7 Å². The lowest BCUT2D eigenvalue weighted by Gasteiger charge is -2.36. The second kappa shape index (κ2) is 9.94. The Bertz CT molecular complexity index is 1100. The fraction of sp³-hybridized carbons (Fsp3) is 0.333. The number of carbonyl (C=O) groups is 2. The van der Waals surface area contributed by atoms with E-state index in [4.69, 9.17) is 16.3 Å². The Kier molecular flexibility index (Phi) is 7.01. The van der Waals surface area contributed by atoms with Gasteiger partial charge in [-0.05, 0) is 49.6 Å². The van der Waals surface area contributed by atoms with Crippen molar-refractivity contribution in [3.05, 3.63) is 88.5 Å². The molecule has 5 nitrogen and oxygen atoms in total. The quantitative estimate of drug-likeness (QED) is 0.492. The van der Waals surface area contributed by atoms with Crippen LogP contribution < -0.4 is 10.6 Å². The van der Waals surface area contributed by atoms with Crippen molar-refractivity contribution in [2.24, 2.45) is 0 Å². The fourth-order valence-electron chi connectivity index (χ4n) is 4.69. The average molecular weight is 465 g/mol. The number of fused-ring (bicyclic) bond motifs is 2. The van der Waals surface area contributed by atoms with Crippen LogP contribution in [0.15, 0.2) is 77.9 Å². The molecule has 2 heterocycles. The van der Waals surface area contributed by atoms with Gasteiger partial charge in [-0.2, -0.15) is 0 Å². The van der Waals surface area contributed by atoms with Crippen LogP contribution in [0, 0.1) is 0 Å². The molecule has 3 unspecified atom stereocenters. The highest BCUT2D eigenvalue weighted by atomic mass is 35.5. The summed E-state index contributed by atoms with van der Waals surface area (Å²) in [7, 11) is 0. The van der Waals surface area contributed by atoms with Gasteiger partial charge in [-0.3, -0.25) is 9.59 Å². The number of Topliss-reactive ketones (excluding diaryl/α,β-unsaturated/α-hetero) is 1. The third-order valence-electron chi connectivity index (χ3n) is 6.14. The van der Waals surface area contributed by atoms with Gasteiger partial charge >= 0.3 is 0 Å². The van der Waals surface area contributed by atoms with Crippen LogP contribution in [0.1, 0.15) is 32.3 Å². The van der Waals surface area contributed by atoms with Gasteiger partial charge in [-0.25, -0.2) is 0 Å². The maximum atomic E-state index is 13.4. The highest BCUT2D eigenvalue weighted by Crippen LogP contribution is 2.48. The Balaban J connectivity index is 1.82. The molecule has 1 amide bonds. The largest absolute Gasteiger partial charge is 0.378 e. The molecule has 0 aromatic heterocycles. The van der Waals surface area contributed by atoms with E-state index in [0.717, 1.165) is 11.3 Å². The first-order chi connectivity index (χ1) is 16.0. The Morgan fingerprint density at radius 1 is 1.09 bits per heavy atom. The number of benzene rings is 2. The number of amides is 1. The number of anilines is 1. The SMILES string of the molecule is CCCC(=O)C1=C(C(=O)NCC)C2C=CC1(C(Cc1ccccc1Cl)Nc1ccccc1)O2. The lowest BCUT2D eigenvalue weighted by Crippen LogP contribution is -2.49. The van der Waals surface area contributed by atoms with Crippen molar-refractivity contribution in [3.63, 3.8) is 0 Å². The van der Waals surface area contributed by atoms with Crippen LogP contribution in [-0.2, 0) is 20.7 Å². The number of likely N-dealkylation sites (N-methyl/N-ethyl adjacent to an activating group) is 1. The molecule has 3 atom stereocenters. The van der Waals surface area contributed by atoms with E-state index in [-0.39, 0.29) is 17.7 Å². The molecule has 172 valence electrons. The first kappa shape index (κ1) is 23.3. The second-order valence-corrected chi connectivity index (χ2v) is 8.78. The van der Waals surface area contributed by atoms with Crippen molar-refractivity contribution >= 4 is 29.0 Å². The molecule has 0 saturated heterocycles. The van der Waals surface area contributed by atoms with Gasteiger partial charge in [0.15, 0.2) is 5.78 Å². The molecule has 4 rings (SSSR count). The van der Waals surface area contributed by atoms with Crippen molar-refractivity contribution in [1.82, 2.24) is 5.32 Å². The summed E-state index contributed by atoms with van der Waals surface area (Å²) in [6.45, 7) is 4.30. The number of para-hydroxylation sites is 1. The van der Waals surface area contributed by atoms with Crippen LogP contribution in [0.5, 0.6) is 0 Å². The number of ketones is 1. The van der Waals surface area contributed by atoms with Crippen molar-refractivity contribution in [3.8, 4) is 0 Å². The van der Waals surface area contributed by atoms with Crippen LogP contribution in [0.3, 0.4) is 0 Å². The highest BCUT2D eigenvalue weighted by Gasteiger charge is 2.56. The molecule has 0 radical (unpaired) electrons. The number of hydrogen-bond acceptors (Lipinski definition) is 4. The Hall–Kier alpha value is -2.89. The average Bonchev–Trinajstić information content (AvgIpc) is 3.39. The van der Waals surface area contributed by atoms with E-state index in [1.807, 2.05) is 80.6 Å². The third-order valence-corrected chi connectivity index (χ3v) is 6.51. The van der Waals surface area contributed by atoms with Crippen LogP contribution in [0.4, 0.5) is 5.69 Å². The zero-order chi connectivity index (χ0) is 23.4. The number of halogens is 1. The van der Waals surface area contributed by atoms with Crippen molar-refractivity contribution in [2.45, 2.75) is 50.9 Å². The molecule has 0 spiro atoms. The van der Waals surface area contributed by atoms with E-state index < -0.39 is 11.7 Å². The van der Waals surface area contributed by atoms with E-state index in [2.05, 4.69) is 10.6 Å². The van der Waals surface area contributed by atoms with Gasteiger partial charge in [0.05, 0.1) is 11.6 Å². The van der Waals surface area contributed by atoms with Gasteiger partial charge in [0.25, 0.3) is 5.91 Å². The van der Waals surface area contributed by atoms with Crippen molar-refractivity contribution in [2.75, 3.05) is 11.9 Å². The summed E-state index contributed by atoms with van der Waals surface area (Å²) < 4.78 is 6.49. The van der Waals surface area contributed by atoms with Gasteiger partial charge in [-0.1, -0.05) is 61.0 Å². The maximum Gasteiger partial charge on any atom is 0.250 e. The van der Waals surface area contributed by atoms with E-state index in [9.17, 15) is 9.59 Å². The Labute approximate surface area is 199 Å². The zero-order valence-electron chi connectivity index (χ0n) is 18.9. The Morgan fingerprint density at radius 3 is 2.52 bits per heavy atom. The van der Waals surface area contributed by atoms with Gasteiger partial charge in [0, 0.05) is 29.2 Å². The van der Waals surface area contributed by atoms with E-state index in [0.29, 0.717) is 42.0 Å². The molecule has 2 aliphatic heterocycles. The zero-order valence-corrected chi connectivity index (χ0v) is 19.7. The second-order valence-electron chi connectivity index (χ2n) is 8.37. The normalized spacial score (nSPS) is 21.8. The number of carbonyl (C=O) groups excluding carboxylic acids is 2. The first-order valence-electron chi connectivity index (χ1n) is 11.5. The topological polar surface area (TPSA) is 67.4 Å². The first-order valence-corrected chi connectivity index (χ1v) is 11.9. The van der Waals surface area contributed by atoms with Crippen LogP contribution in [0.25, 0.3) is 0 Å². The molecule has 2 bridgehead atoms. The van der Waals surface area contributed by atoms with Crippen molar-refractivity contribution < 1.29 is 14.3 Å². The van der Waals surface area contributed by atoms with Gasteiger partial charge in [-0.15, -0.1) is 0 Å². The fourth-order valence-corrected chi connectivity index (χ4v) is 4.90. The Morgan fingerprint density at radius 2 is 1.82 bits per heavy atom. The van der Waals surface area contributed by atoms with E-state index in [1.165, 1.54) is 0 Å². The lowest BCUT2D eigenvalue weighted by atomic mass is 9.76. The van der Waals surface area contributed by atoms with Gasteiger partial charge in [0.2, 0.25) is 0 Å². The molecule has 2 aromatic rings. The maximum absolute atomic E-state index is 13.4. The minimum atomic E-state index is -1.06. The van der Waals surface area contributed by atoms with E-state index >= 15 is 0 Å². The standard InChI is InChI=1S/C27H29ClN2O3/c1-3-10-21(31)25-24(26(32)29-4-2)22-15-16-27(25,33-22)23(30-19-12-6-5-7-13-19)17-18-11-8-9-14-20(18)28/h5-9,11-16,22-23,30H,3-4,10,17H2,1-2H3,(H,29,32). The summed E-state index contributed by atoms with van der Waals surface area (Å²) in [6.07, 6.45) is 4.85. The minimum absolute atomic E-state index is 0.0513. The number of hydrogen-bond donors (Lipinski definition) is 2. The summed E-state index contributed by atoms with van der Waals surface area (Å²) in [6, 6.07) is 17.1. The smallest absolute Gasteiger partial charge is 0.250 e. The highest BCUT2D eigenvalue weighted by molar-refractivity contribution is 6.31. The molecular formula is C27H29ClN2O3. The third kappa shape index (κ3) is 4.48. The minimum Gasteiger partial charge on any atom is -0.378 e. The lowest BCUT2D eigenvalue weighted by molar-refractivity contribution is -0.119. The molecule has 6 heteroatoms. The van der Waals surface area contributed by atoms with Crippen LogP contribution >= 0.6 is 11.6 Å². The number of nitrogens with one attached hydrogen (secondary N) is 2. The number of rotatable bonds is 10. The van der Waals surface area contributed by atoms with E-state index in [1.54, 1.807) is 0 Å². The van der Waals surface area contributed by atoms with Crippen LogP contribution in [0.2, 0.25) is 5.02 Å². The van der Waals surface area contributed by atoms with Crippen LogP contribution in [-0.4, -0.2) is 36.0 Å². The summed E-state index contributed by atoms with van der Waals surface area (Å²) >= 11 is 6.52. The predicted molar refractivity (Wildman–Crippen MR) is 131 cm³/mol. The molecule has 2 aromatic carbocycles. The molecule has 2 aliphatic rings. The molecule has 0 aliphatic carbocycles. The molecule has 0 fully saturated rings. The molecule has 0 saturated carbocycles. The predicted octanol–water partition coefficient (Wildman–Crippen LogP) is 4.87. The van der Waals surface area contributed by atoms with Gasteiger partial charge < -0.3 is 15.4 Å².